The van der Waals surface area contributed by atoms with Crippen LogP contribution in [-0.4, -0.2) is 12.1 Å². The number of rotatable bonds is 4. The van der Waals surface area contributed by atoms with Crippen LogP contribution in [0.4, 0.5) is 0 Å². The second-order valence-electron chi connectivity index (χ2n) is 5.33. The van der Waals surface area contributed by atoms with Gasteiger partial charge >= 0.3 is 0 Å². The van der Waals surface area contributed by atoms with Gasteiger partial charge in [0.2, 0.25) is 0 Å². The molecular weight excluding hydrogens is 302 g/mol. The van der Waals surface area contributed by atoms with Crippen molar-refractivity contribution in [2.75, 3.05) is 6.54 Å². The van der Waals surface area contributed by atoms with Crippen LogP contribution in [0.1, 0.15) is 25.7 Å². The van der Waals surface area contributed by atoms with Crippen molar-refractivity contribution in [2.24, 2.45) is 5.73 Å². The Morgan fingerprint density at radius 3 is 2.53 bits per heavy atom. The zero-order valence-corrected chi connectivity index (χ0v) is 12.4. The molecule has 1 aliphatic carbocycles. The van der Waals surface area contributed by atoms with Gasteiger partial charge < -0.3 is 10.5 Å². The second-order valence-corrected chi connectivity index (χ2v) is 6.25. The molecule has 2 nitrogen and oxygen atoms in total. The van der Waals surface area contributed by atoms with Gasteiger partial charge in [-0.05, 0) is 67.3 Å². The molecule has 0 unspecified atom stereocenters. The fourth-order valence-electron chi connectivity index (χ4n) is 2.75. The Morgan fingerprint density at radius 2 is 1.84 bits per heavy atom. The third kappa shape index (κ3) is 2.63. The van der Waals surface area contributed by atoms with E-state index in [4.69, 9.17) is 10.5 Å². The maximum atomic E-state index is 6.22. The van der Waals surface area contributed by atoms with Gasteiger partial charge in [0.1, 0.15) is 11.4 Å². The van der Waals surface area contributed by atoms with Gasteiger partial charge in [-0.3, -0.25) is 0 Å². The van der Waals surface area contributed by atoms with Crippen LogP contribution in [0.25, 0.3) is 10.8 Å². The van der Waals surface area contributed by atoms with Gasteiger partial charge in [0, 0.05) is 4.47 Å². The van der Waals surface area contributed by atoms with E-state index in [0.717, 1.165) is 29.5 Å². The van der Waals surface area contributed by atoms with E-state index in [0.29, 0.717) is 6.54 Å². The summed E-state index contributed by atoms with van der Waals surface area (Å²) in [6, 6.07) is 12.6. The molecule has 0 bridgehead atoms. The Balaban J connectivity index is 1.87. The van der Waals surface area contributed by atoms with Gasteiger partial charge in [0.25, 0.3) is 0 Å². The Labute approximate surface area is 122 Å². The van der Waals surface area contributed by atoms with E-state index in [1.54, 1.807) is 0 Å². The lowest BCUT2D eigenvalue weighted by molar-refractivity contribution is -0.0123. The van der Waals surface area contributed by atoms with E-state index in [9.17, 15) is 0 Å². The number of nitrogens with two attached hydrogens (primary N) is 1. The van der Waals surface area contributed by atoms with Crippen LogP contribution in [-0.2, 0) is 0 Å². The Bertz CT molecular complexity index is 592. The molecule has 0 radical (unpaired) electrons. The minimum atomic E-state index is -0.00219. The number of hydrogen-bond donors (Lipinski definition) is 1. The maximum absolute atomic E-state index is 6.22. The molecule has 0 aromatic heterocycles. The summed E-state index contributed by atoms with van der Waals surface area (Å²) in [4.78, 5) is 0. The van der Waals surface area contributed by atoms with Crippen molar-refractivity contribution in [3.05, 3.63) is 40.9 Å². The van der Waals surface area contributed by atoms with Crippen LogP contribution in [0.5, 0.6) is 5.75 Å². The van der Waals surface area contributed by atoms with Gasteiger partial charge in [-0.15, -0.1) is 0 Å². The van der Waals surface area contributed by atoms with E-state index in [2.05, 4.69) is 52.3 Å². The van der Waals surface area contributed by atoms with Crippen molar-refractivity contribution < 1.29 is 4.74 Å². The summed E-state index contributed by atoms with van der Waals surface area (Å²) in [5, 5.41) is 2.44. The quantitative estimate of drug-likeness (QED) is 0.914. The van der Waals surface area contributed by atoms with Gasteiger partial charge in [-0.25, -0.2) is 0 Å². The summed E-state index contributed by atoms with van der Waals surface area (Å²) < 4.78 is 7.33. The predicted molar refractivity (Wildman–Crippen MR) is 82.5 cm³/mol. The summed E-state index contributed by atoms with van der Waals surface area (Å²) in [6.07, 6.45) is 4.46. The second kappa shape index (κ2) is 5.14. The Hall–Kier alpha value is -1.06. The molecule has 2 aromatic rings. The van der Waals surface area contributed by atoms with Crippen molar-refractivity contribution in [1.82, 2.24) is 0 Å². The van der Waals surface area contributed by atoms with Crippen LogP contribution < -0.4 is 10.5 Å². The average Bonchev–Trinajstić information content (AvgIpc) is 2.36. The molecular formula is C16H18BrNO. The fourth-order valence-corrected chi connectivity index (χ4v) is 3.12. The summed E-state index contributed by atoms with van der Waals surface area (Å²) >= 11 is 3.50. The van der Waals surface area contributed by atoms with E-state index < -0.39 is 0 Å². The predicted octanol–water partition coefficient (Wildman–Crippen LogP) is 4.25. The van der Waals surface area contributed by atoms with Gasteiger partial charge in [0.15, 0.2) is 0 Å². The summed E-state index contributed by atoms with van der Waals surface area (Å²) in [5.41, 5.74) is 5.70. The zero-order valence-electron chi connectivity index (χ0n) is 10.9. The minimum Gasteiger partial charge on any atom is -0.487 e. The molecule has 3 heteroatoms. The fraction of sp³-hybridized carbons (Fsp3) is 0.375. The first kappa shape index (κ1) is 12.9. The lowest BCUT2D eigenvalue weighted by Gasteiger charge is -2.42. The number of benzene rings is 2. The first-order valence-corrected chi connectivity index (χ1v) is 7.59. The normalized spacial score (nSPS) is 17.2. The maximum Gasteiger partial charge on any atom is 0.120 e. The molecule has 0 aliphatic heterocycles. The molecule has 0 heterocycles. The Kier molecular flexibility index (Phi) is 3.50. The number of hydrogen-bond acceptors (Lipinski definition) is 2. The van der Waals surface area contributed by atoms with Crippen molar-refractivity contribution in [3.8, 4) is 5.75 Å². The van der Waals surface area contributed by atoms with E-state index >= 15 is 0 Å². The van der Waals surface area contributed by atoms with Crippen LogP contribution >= 0.6 is 15.9 Å². The molecule has 19 heavy (non-hydrogen) atoms. The molecule has 1 saturated carbocycles. The highest BCUT2D eigenvalue weighted by Crippen LogP contribution is 2.39. The first-order valence-electron chi connectivity index (χ1n) is 6.79. The number of fused-ring (bicyclic) bond motifs is 1. The SMILES string of the molecule is NCCC1(Oc2ccc3cc(Br)ccc3c2)CCC1. The third-order valence-electron chi connectivity index (χ3n) is 3.97. The largest absolute Gasteiger partial charge is 0.487 e. The van der Waals surface area contributed by atoms with Crippen molar-refractivity contribution in [3.63, 3.8) is 0 Å². The molecule has 100 valence electrons. The summed E-state index contributed by atoms with van der Waals surface area (Å²) in [7, 11) is 0. The van der Waals surface area contributed by atoms with Gasteiger partial charge in [-0.2, -0.15) is 0 Å². The van der Waals surface area contributed by atoms with E-state index in [1.807, 2.05) is 0 Å². The first-order chi connectivity index (χ1) is 9.21. The molecule has 0 saturated heterocycles. The third-order valence-corrected chi connectivity index (χ3v) is 4.47. The van der Waals surface area contributed by atoms with E-state index in [1.165, 1.54) is 17.2 Å². The number of ether oxygens (including phenoxy) is 1. The lowest BCUT2D eigenvalue weighted by Crippen LogP contribution is -2.44. The Morgan fingerprint density at radius 1 is 1.11 bits per heavy atom. The highest BCUT2D eigenvalue weighted by molar-refractivity contribution is 9.10. The smallest absolute Gasteiger partial charge is 0.120 e. The van der Waals surface area contributed by atoms with Crippen molar-refractivity contribution in [1.29, 1.82) is 0 Å². The van der Waals surface area contributed by atoms with Gasteiger partial charge in [0.05, 0.1) is 0 Å². The molecule has 0 spiro atoms. The van der Waals surface area contributed by atoms with Crippen molar-refractivity contribution >= 4 is 26.7 Å². The summed E-state index contributed by atoms with van der Waals surface area (Å²) in [6.45, 7) is 0.695. The molecule has 1 fully saturated rings. The van der Waals surface area contributed by atoms with E-state index in [-0.39, 0.29) is 5.60 Å². The molecule has 1 aliphatic rings. The van der Waals surface area contributed by atoms with Gasteiger partial charge in [-0.1, -0.05) is 28.1 Å². The van der Waals surface area contributed by atoms with Crippen LogP contribution in [0.15, 0.2) is 40.9 Å². The average molecular weight is 320 g/mol. The highest BCUT2D eigenvalue weighted by Gasteiger charge is 2.38. The molecule has 0 amide bonds. The van der Waals surface area contributed by atoms with Crippen molar-refractivity contribution in [2.45, 2.75) is 31.3 Å². The van der Waals surface area contributed by atoms with Crippen LogP contribution in [0.2, 0.25) is 0 Å². The lowest BCUT2D eigenvalue weighted by atomic mass is 9.77. The topological polar surface area (TPSA) is 35.2 Å². The molecule has 0 atom stereocenters. The van der Waals surface area contributed by atoms with Crippen LogP contribution in [0, 0.1) is 0 Å². The molecule has 2 aromatic carbocycles. The molecule has 3 rings (SSSR count). The monoisotopic (exact) mass is 319 g/mol. The van der Waals surface area contributed by atoms with Crippen LogP contribution in [0.3, 0.4) is 0 Å². The molecule has 2 N–H and O–H groups in total. The zero-order chi connectivity index (χ0) is 13.3. The number of halogens is 1. The minimum absolute atomic E-state index is 0.00219. The highest BCUT2D eigenvalue weighted by atomic mass is 79.9. The summed E-state index contributed by atoms with van der Waals surface area (Å²) in [5.74, 6) is 0.961. The standard InChI is InChI=1S/C16H18BrNO/c17-14-4-2-13-11-15(5-3-12(13)10-14)19-16(8-9-18)6-1-7-16/h2-5,10-11H,1,6-9,18H2.